The Labute approximate surface area is 182 Å². The maximum Gasteiger partial charge on any atom is 0.320 e. The Kier molecular flexibility index (Phi) is 5.72. The lowest BCUT2D eigenvalue weighted by molar-refractivity contribution is 0.112. The molecule has 1 aromatic heterocycles. The van der Waals surface area contributed by atoms with Crippen molar-refractivity contribution in [2.24, 2.45) is 0 Å². The number of alkyl halides is 2. The molecule has 1 aliphatic rings. The second-order valence-corrected chi connectivity index (χ2v) is 8.10. The number of urea groups is 1. The summed E-state index contributed by atoms with van der Waals surface area (Å²) in [7, 11) is 0. The molecule has 1 saturated carbocycles. The number of aromatic nitrogens is 1. The second kappa shape index (κ2) is 8.46. The van der Waals surface area contributed by atoms with Crippen LogP contribution >= 0.6 is 11.3 Å². The van der Waals surface area contributed by atoms with Gasteiger partial charge in [-0.05, 0) is 28.2 Å². The predicted octanol–water partition coefficient (Wildman–Crippen LogP) is 4.77. The number of aliphatic hydroxyl groups is 1. The lowest BCUT2D eigenvalue weighted by Crippen LogP contribution is -2.35. The minimum Gasteiger partial charge on any atom is -0.394 e. The van der Waals surface area contributed by atoms with Gasteiger partial charge in [0.15, 0.2) is 5.01 Å². The number of aliphatic hydroxyl groups excluding tert-OH is 1. The smallest absolute Gasteiger partial charge is 0.320 e. The first-order valence-electron chi connectivity index (χ1n) is 9.59. The molecule has 2 amide bonds. The lowest BCUT2D eigenvalue weighted by Gasteiger charge is -2.21. The fourth-order valence-corrected chi connectivity index (χ4v) is 4.04. The van der Waals surface area contributed by atoms with Crippen molar-refractivity contribution in [3.63, 3.8) is 0 Å². The molecule has 2 atom stereocenters. The van der Waals surface area contributed by atoms with Gasteiger partial charge in [-0.25, -0.2) is 18.6 Å². The highest BCUT2D eigenvalue weighted by molar-refractivity contribution is 7.10. The number of hydrogen-bond acceptors (Lipinski definition) is 4. The Morgan fingerprint density at radius 2 is 2.03 bits per heavy atom. The summed E-state index contributed by atoms with van der Waals surface area (Å²) in [5, 5.41) is 17.1. The van der Waals surface area contributed by atoms with Gasteiger partial charge in [-0.3, -0.25) is 5.32 Å². The third-order valence-electron chi connectivity index (χ3n) is 5.13. The summed E-state index contributed by atoms with van der Waals surface area (Å²) in [6.45, 7) is -0.448. The normalized spacial score (nSPS) is 17.4. The maximum absolute atomic E-state index is 14.0. The van der Waals surface area contributed by atoms with E-state index in [0.29, 0.717) is 16.1 Å². The van der Waals surface area contributed by atoms with Crippen molar-refractivity contribution in [3.05, 3.63) is 70.0 Å². The standard InChI is InChI=1S/C23H19F2N3O2S/c1-2-21-27-20(13-31-21)28-22(30)26-19(12-29)16-9-8-15(14-6-4-3-5-7-14)10-17(16)18-11-23(18,24)25/h1,3-10,13,18-19,29H,11-12H2,(H2,26,28,30). The highest BCUT2D eigenvalue weighted by Crippen LogP contribution is 2.57. The Morgan fingerprint density at radius 1 is 1.29 bits per heavy atom. The summed E-state index contributed by atoms with van der Waals surface area (Å²) in [4.78, 5) is 16.4. The molecule has 158 valence electrons. The average molecular weight is 439 g/mol. The lowest BCUT2D eigenvalue weighted by atomic mass is 9.92. The van der Waals surface area contributed by atoms with Gasteiger partial charge >= 0.3 is 6.03 Å². The Bertz CT molecular complexity index is 1140. The van der Waals surface area contributed by atoms with E-state index in [2.05, 4.69) is 21.5 Å². The molecule has 0 aliphatic heterocycles. The highest BCUT2D eigenvalue weighted by atomic mass is 32.1. The van der Waals surface area contributed by atoms with Gasteiger partial charge in [0.05, 0.1) is 18.6 Å². The number of nitrogens with zero attached hydrogens (tertiary/aromatic N) is 1. The van der Waals surface area contributed by atoms with Crippen LogP contribution in [0.4, 0.5) is 19.4 Å². The molecule has 31 heavy (non-hydrogen) atoms. The fourth-order valence-electron chi connectivity index (χ4n) is 3.48. The highest BCUT2D eigenvalue weighted by Gasteiger charge is 2.58. The maximum atomic E-state index is 14.0. The van der Waals surface area contributed by atoms with Gasteiger partial charge in [-0.1, -0.05) is 48.5 Å². The van der Waals surface area contributed by atoms with Crippen LogP contribution in [0.2, 0.25) is 0 Å². The van der Waals surface area contributed by atoms with E-state index in [0.717, 1.165) is 11.1 Å². The van der Waals surface area contributed by atoms with E-state index in [4.69, 9.17) is 6.42 Å². The molecule has 1 heterocycles. The number of carbonyl (C=O) groups excluding carboxylic acids is 1. The molecule has 4 rings (SSSR count). The predicted molar refractivity (Wildman–Crippen MR) is 116 cm³/mol. The van der Waals surface area contributed by atoms with Gasteiger partial charge in [0, 0.05) is 11.8 Å². The number of benzene rings is 2. The van der Waals surface area contributed by atoms with E-state index >= 15 is 0 Å². The fraction of sp³-hybridized carbons (Fsp3) is 0.217. The number of carbonyl (C=O) groups is 1. The van der Waals surface area contributed by atoms with Crippen molar-refractivity contribution in [2.45, 2.75) is 24.3 Å². The van der Waals surface area contributed by atoms with Gasteiger partial charge in [-0.2, -0.15) is 0 Å². The third kappa shape index (κ3) is 4.58. The summed E-state index contributed by atoms with van der Waals surface area (Å²) in [5.74, 6) is -1.08. The van der Waals surface area contributed by atoms with Crippen LogP contribution in [0.1, 0.15) is 34.5 Å². The molecule has 0 bridgehead atoms. The van der Waals surface area contributed by atoms with Crippen LogP contribution in [-0.4, -0.2) is 28.7 Å². The number of hydrogen-bond donors (Lipinski definition) is 3. The average Bonchev–Trinajstić information content (AvgIpc) is 3.18. The van der Waals surface area contributed by atoms with Crippen LogP contribution in [0.3, 0.4) is 0 Å². The van der Waals surface area contributed by atoms with Crippen molar-refractivity contribution >= 4 is 23.2 Å². The molecule has 0 saturated heterocycles. The number of halogens is 2. The number of terminal acetylenes is 1. The van der Waals surface area contributed by atoms with Crippen LogP contribution in [0.15, 0.2) is 53.9 Å². The molecule has 2 aromatic carbocycles. The number of amides is 2. The Hall–Kier alpha value is -3.28. The summed E-state index contributed by atoms with van der Waals surface area (Å²) < 4.78 is 27.9. The summed E-state index contributed by atoms with van der Waals surface area (Å²) in [6, 6.07) is 13.2. The first kappa shape index (κ1) is 21.0. The molecule has 5 nitrogen and oxygen atoms in total. The van der Waals surface area contributed by atoms with Gasteiger partial charge in [0.1, 0.15) is 5.82 Å². The van der Waals surface area contributed by atoms with E-state index < -0.39 is 30.5 Å². The van der Waals surface area contributed by atoms with E-state index in [-0.39, 0.29) is 12.2 Å². The Balaban J connectivity index is 1.60. The zero-order valence-corrected chi connectivity index (χ0v) is 17.1. The molecule has 2 unspecified atom stereocenters. The topological polar surface area (TPSA) is 74.2 Å². The minimum atomic E-state index is -2.79. The SMILES string of the molecule is C#Cc1nc(NC(=O)NC(CO)c2ccc(-c3ccccc3)cc2C2CC2(F)F)cs1. The van der Waals surface area contributed by atoms with E-state index in [1.807, 2.05) is 30.3 Å². The van der Waals surface area contributed by atoms with Crippen molar-refractivity contribution in [1.82, 2.24) is 10.3 Å². The summed E-state index contributed by atoms with van der Waals surface area (Å²) in [6.07, 6.45) is 5.02. The molecule has 0 spiro atoms. The van der Waals surface area contributed by atoms with E-state index in [1.165, 1.54) is 11.3 Å². The molecule has 3 aromatic rings. The summed E-state index contributed by atoms with van der Waals surface area (Å²) in [5.41, 5.74) is 2.59. The van der Waals surface area contributed by atoms with E-state index in [1.54, 1.807) is 23.6 Å². The zero-order chi connectivity index (χ0) is 22.0. The van der Waals surface area contributed by atoms with Crippen LogP contribution in [0.25, 0.3) is 11.1 Å². The van der Waals surface area contributed by atoms with Crippen LogP contribution in [0, 0.1) is 12.3 Å². The molecular formula is C23H19F2N3O2S. The molecule has 8 heteroatoms. The quantitative estimate of drug-likeness (QED) is 0.485. The molecule has 0 radical (unpaired) electrons. The second-order valence-electron chi connectivity index (χ2n) is 7.24. The molecule has 1 aliphatic carbocycles. The molecular weight excluding hydrogens is 420 g/mol. The van der Waals surface area contributed by atoms with Crippen LogP contribution < -0.4 is 10.6 Å². The van der Waals surface area contributed by atoms with Gasteiger partial charge in [0.25, 0.3) is 5.92 Å². The first-order valence-corrected chi connectivity index (χ1v) is 10.5. The van der Waals surface area contributed by atoms with Crippen molar-refractivity contribution in [2.75, 3.05) is 11.9 Å². The Morgan fingerprint density at radius 3 is 2.65 bits per heavy atom. The minimum absolute atomic E-state index is 0.254. The number of anilines is 1. The first-order chi connectivity index (χ1) is 14.9. The van der Waals surface area contributed by atoms with Gasteiger partial charge in [-0.15, -0.1) is 17.8 Å². The zero-order valence-electron chi connectivity index (χ0n) is 16.3. The van der Waals surface area contributed by atoms with Crippen molar-refractivity contribution in [1.29, 1.82) is 0 Å². The van der Waals surface area contributed by atoms with Crippen molar-refractivity contribution in [3.8, 4) is 23.5 Å². The van der Waals surface area contributed by atoms with Crippen LogP contribution in [0.5, 0.6) is 0 Å². The summed E-state index contributed by atoms with van der Waals surface area (Å²) >= 11 is 1.20. The number of thiazole rings is 1. The largest absolute Gasteiger partial charge is 0.394 e. The number of rotatable bonds is 6. The monoisotopic (exact) mass is 439 g/mol. The number of nitrogens with one attached hydrogen (secondary N) is 2. The van der Waals surface area contributed by atoms with E-state index in [9.17, 15) is 18.7 Å². The molecule has 1 fully saturated rings. The third-order valence-corrected chi connectivity index (χ3v) is 5.90. The van der Waals surface area contributed by atoms with Gasteiger partial charge in [0.2, 0.25) is 0 Å². The van der Waals surface area contributed by atoms with Gasteiger partial charge < -0.3 is 10.4 Å². The van der Waals surface area contributed by atoms with Crippen LogP contribution in [-0.2, 0) is 0 Å². The van der Waals surface area contributed by atoms with Crippen molar-refractivity contribution < 1.29 is 18.7 Å². The molecule has 3 N–H and O–H groups in total.